The standard InChI is InChI=1S/C11H15NO/c1-3-9-7-12-8(2)6-11(9)13-10-4-5-10/h6-7,10H,3-5H2,1-2H3. The molecule has 0 amide bonds. The van der Waals surface area contributed by atoms with Gasteiger partial charge in [0.25, 0.3) is 0 Å². The van der Waals surface area contributed by atoms with E-state index in [0.29, 0.717) is 6.10 Å². The van der Waals surface area contributed by atoms with Crippen LogP contribution in [0.3, 0.4) is 0 Å². The predicted octanol–water partition coefficient (Wildman–Crippen LogP) is 2.49. The molecule has 1 fully saturated rings. The van der Waals surface area contributed by atoms with E-state index in [2.05, 4.69) is 11.9 Å². The molecule has 13 heavy (non-hydrogen) atoms. The summed E-state index contributed by atoms with van der Waals surface area (Å²) in [6, 6.07) is 2.04. The third kappa shape index (κ3) is 2.00. The maximum Gasteiger partial charge on any atom is 0.126 e. The summed E-state index contributed by atoms with van der Waals surface area (Å²) in [5.74, 6) is 1.04. The van der Waals surface area contributed by atoms with Gasteiger partial charge in [0.2, 0.25) is 0 Å². The van der Waals surface area contributed by atoms with Crippen molar-refractivity contribution in [2.24, 2.45) is 0 Å². The number of pyridine rings is 1. The Kier molecular flexibility index (Phi) is 2.21. The summed E-state index contributed by atoms with van der Waals surface area (Å²) in [6.07, 6.45) is 5.82. The molecule has 0 aliphatic heterocycles. The van der Waals surface area contributed by atoms with Crippen LogP contribution in [-0.2, 0) is 6.42 Å². The normalized spacial score (nSPS) is 15.8. The van der Waals surface area contributed by atoms with Crippen molar-refractivity contribution in [3.8, 4) is 5.75 Å². The van der Waals surface area contributed by atoms with Crippen molar-refractivity contribution in [2.75, 3.05) is 0 Å². The predicted molar refractivity (Wildman–Crippen MR) is 52.0 cm³/mol. The molecule has 2 rings (SSSR count). The third-order valence-corrected chi connectivity index (χ3v) is 2.28. The number of hydrogen-bond donors (Lipinski definition) is 0. The van der Waals surface area contributed by atoms with Crippen molar-refractivity contribution in [3.05, 3.63) is 23.5 Å². The fourth-order valence-electron chi connectivity index (χ4n) is 1.30. The van der Waals surface area contributed by atoms with Gasteiger partial charge in [-0.15, -0.1) is 0 Å². The van der Waals surface area contributed by atoms with E-state index in [1.54, 1.807) is 0 Å². The first-order valence-electron chi connectivity index (χ1n) is 4.91. The summed E-state index contributed by atoms with van der Waals surface area (Å²) >= 11 is 0. The van der Waals surface area contributed by atoms with Gasteiger partial charge in [0.1, 0.15) is 5.75 Å². The lowest BCUT2D eigenvalue weighted by Crippen LogP contribution is -2.00. The molecule has 0 unspecified atom stereocenters. The first-order chi connectivity index (χ1) is 6.29. The molecule has 0 N–H and O–H groups in total. The minimum Gasteiger partial charge on any atom is -0.490 e. The highest BCUT2D eigenvalue weighted by Crippen LogP contribution is 2.29. The monoisotopic (exact) mass is 177 g/mol. The summed E-state index contributed by atoms with van der Waals surface area (Å²) in [7, 11) is 0. The first-order valence-corrected chi connectivity index (χ1v) is 4.91. The second-order valence-electron chi connectivity index (χ2n) is 3.60. The van der Waals surface area contributed by atoms with E-state index in [4.69, 9.17) is 4.74 Å². The van der Waals surface area contributed by atoms with Gasteiger partial charge >= 0.3 is 0 Å². The van der Waals surface area contributed by atoms with E-state index in [1.165, 1.54) is 18.4 Å². The molecule has 1 heterocycles. The zero-order valence-corrected chi connectivity index (χ0v) is 8.21. The SMILES string of the molecule is CCc1cnc(C)cc1OC1CC1. The van der Waals surface area contributed by atoms with E-state index >= 15 is 0 Å². The maximum atomic E-state index is 5.79. The number of hydrogen-bond acceptors (Lipinski definition) is 2. The van der Waals surface area contributed by atoms with E-state index in [0.717, 1.165) is 17.9 Å². The molecule has 0 saturated heterocycles. The molecular formula is C11H15NO. The second kappa shape index (κ2) is 3.36. The molecule has 2 nitrogen and oxygen atoms in total. The average Bonchev–Trinajstić information content (AvgIpc) is 2.89. The van der Waals surface area contributed by atoms with Gasteiger partial charge in [-0.2, -0.15) is 0 Å². The van der Waals surface area contributed by atoms with Gasteiger partial charge in [-0.25, -0.2) is 0 Å². The first kappa shape index (κ1) is 8.54. The van der Waals surface area contributed by atoms with Crippen LogP contribution in [0, 0.1) is 6.92 Å². The van der Waals surface area contributed by atoms with Crippen molar-refractivity contribution in [1.82, 2.24) is 4.98 Å². The van der Waals surface area contributed by atoms with E-state index in [1.807, 2.05) is 19.2 Å². The van der Waals surface area contributed by atoms with Crippen LogP contribution in [0.5, 0.6) is 5.75 Å². The molecule has 0 spiro atoms. The van der Waals surface area contributed by atoms with Crippen LogP contribution in [-0.4, -0.2) is 11.1 Å². The Balaban J connectivity index is 2.22. The molecule has 1 aliphatic carbocycles. The van der Waals surface area contributed by atoms with Gasteiger partial charge in [-0.3, -0.25) is 4.98 Å². The fraction of sp³-hybridized carbons (Fsp3) is 0.545. The molecule has 0 radical (unpaired) electrons. The van der Waals surface area contributed by atoms with Crippen molar-refractivity contribution in [1.29, 1.82) is 0 Å². The quantitative estimate of drug-likeness (QED) is 0.707. The number of rotatable bonds is 3. The minimum atomic E-state index is 0.479. The van der Waals surface area contributed by atoms with Crippen LogP contribution < -0.4 is 4.74 Å². The molecule has 1 aliphatic rings. The average molecular weight is 177 g/mol. The third-order valence-electron chi connectivity index (χ3n) is 2.28. The Morgan fingerprint density at radius 3 is 2.92 bits per heavy atom. The minimum absolute atomic E-state index is 0.479. The van der Waals surface area contributed by atoms with Crippen molar-refractivity contribution in [2.45, 2.75) is 39.2 Å². The van der Waals surface area contributed by atoms with Gasteiger partial charge in [0, 0.05) is 23.5 Å². The number of nitrogens with zero attached hydrogens (tertiary/aromatic N) is 1. The van der Waals surface area contributed by atoms with E-state index < -0.39 is 0 Å². The van der Waals surface area contributed by atoms with Crippen molar-refractivity contribution in [3.63, 3.8) is 0 Å². The zero-order chi connectivity index (χ0) is 9.26. The highest BCUT2D eigenvalue weighted by molar-refractivity contribution is 5.33. The Morgan fingerprint density at radius 1 is 1.54 bits per heavy atom. The molecule has 1 aromatic rings. The molecule has 0 bridgehead atoms. The van der Waals surface area contributed by atoms with E-state index in [-0.39, 0.29) is 0 Å². The van der Waals surface area contributed by atoms with Gasteiger partial charge < -0.3 is 4.74 Å². The molecule has 1 aromatic heterocycles. The van der Waals surface area contributed by atoms with Gasteiger partial charge in [-0.1, -0.05) is 6.92 Å². The Bertz CT molecular complexity index is 305. The highest BCUT2D eigenvalue weighted by Gasteiger charge is 2.24. The lowest BCUT2D eigenvalue weighted by molar-refractivity contribution is 0.299. The largest absolute Gasteiger partial charge is 0.490 e. The van der Waals surface area contributed by atoms with Crippen LogP contribution in [0.15, 0.2) is 12.3 Å². The molecule has 0 aromatic carbocycles. The van der Waals surface area contributed by atoms with E-state index in [9.17, 15) is 0 Å². The Hall–Kier alpha value is -1.05. The highest BCUT2D eigenvalue weighted by atomic mass is 16.5. The molecule has 70 valence electrons. The number of ether oxygens (including phenoxy) is 1. The molecule has 0 atom stereocenters. The summed E-state index contributed by atoms with van der Waals surface area (Å²) in [4.78, 5) is 4.26. The van der Waals surface area contributed by atoms with Crippen LogP contribution >= 0.6 is 0 Å². The number of aryl methyl sites for hydroxylation is 2. The topological polar surface area (TPSA) is 22.1 Å². The molecule has 2 heteroatoms. The maximum absolute atomic E-state index is 5.79. The summed E-state index contributed by atoms with van der Waals surface area (Å²) in [5, 5.41) is 0. The molecular weight excluding hydrogens is 162 g/mol. The van der Waals surface area contributed by atoms with Gasteiger partial charge in [-0.05, 0) is 26.2 Å². The Labute approximate surface area is 78.9 Å². The zero-order valence-electron chi connectivity index (χ0n) is 8.21. The lowest BCUT2D eigenvalue weighted by atomic mass is 10.2. The van der Waals surface area contributed by atoms with Crippen LogP contribution in [0.2, 0.25) is 0 Å². The molecule has 1 saturated carbocycles. The fourth-order valence-corrected chi connectivity index (χ4v) is 1.30. The van der Waals surface area contributed by atoms with Crippen LogP contribution in [0.4, 0.5) is 0 Å². The van der Waals surface area contributed by atoms with Gasteiger partial charge in [0.15, 0.2) is 0 Å². The smallest absolute Gasteiger partial charge is 0.126 e. The Morgan fingerprint density at radius 2 is 2.31 bits per heavy atom. The summed E-state index contributed by atoms with van der Waals surface area (Å²) < 4.78 is 5.79. The van der Waals surface area contributed by atoms with Crippen molar-refractivity contribution >= 4 is 0 Å². The summed E-state index contributed by atoms with van der Waals surface area (Å²) in [5.41, 5.74) is 2.25. The number of aromatic nitrogens is 1. The second-order valence-corrected chi connectivity index (χ2v) is 3.60. The van der Waals surface area contributed by atoms with Crippen LogP contribution in [0.1, 0.15) is 31.0 Å². The van der Waals surface area contributed by atoms with Gasteiger partial charge in [0.05, 0.1) is 6.10 Å². The van der Waals surface area contributed by atoms with Crippen molar-refractivity contribution < 1.29 is 4.74 Å². The lowest BCUT2D eigenvalue weighted by Gasteiger charge is -2.09. The van der Waals surface area contributed by atoms with Crippen LogP contribution in [0.25, 0.3) is 0 Å². The summed E-state index contributed by atoms with van der Waals surface area (Å²) in [6.45, 7) is 4.13.